The summed E-state index contributed by atoms with van der Waals surface area (Å²) < 4.78 is 0. The van der Waals surface area contributed by atoms with Crippen molar-refractivity contribution in [2.45, 2.75) is 104 Å². The molecule has 0 radical (unpaired) electrons. The molecule has 0 nitrogen and oxygen atoms in total. The minimum absolute atomic E-state index is 0.447. The van der Waals surface area contributed by atoms with E-state index < -0.39 is 10.0 Å². The first-order chi connectivity index (χ1) is 20.7. The van der Waals surface area contributed by atoms with Gasteiger partial charge in [0.1, 0.15) is 0 Å². The molecule has 5 aromatic carbocycles. The lowest BCUT2D eigenvalue weighted by Crippen LogP contribution is -2.27. The Morgan fingerprint density at radius 3 is 1.09 bits per heavy atom. The number of aryl methyl sites for hydroxylation is 4. The first-order valence-corrected chi connectivity index (χ1v) is 18.8. The Hall–Kier alpha value is -3.04. The Labute approximate surface area is 272 Å². The predicted molar refractivity (Wildman–Crippen MR) is 205 cm³/mol. The molecule has 0 fully saturated rings. The lowest BCUT2D eigenvalue weighted by atomic mass is 9.88. The van der Waals surface area contributed by atoms with Gasteiger partial charge in [-0.1, -0.05) is 103 Å². The van der Waals surface area contributed by atoms with Crippen LogP contribution in [0.25, 0.3) is 43.1 Å². The fourth-order valence-corrected chi connectivity index (χ4v) is 11.5. The first kappa shape index (κ1) is 32.4. The average molecular weight is 617 g/mol. The number of fused-ring (bicyclic) bond motifs is 4. The second-order valence-corrected chi connectivity index (χ2v) is 19.6. The molecular formula is C42H48S2. The van der Waals surface area contributed by atoms with E-state index in [2.05, 4.69) is 154 Å². The summed E-state index contributed by atoms with van der Waals surface area (Å²) in [5.74, 6) is 7.60. The Kier molecular flexibility index (Phi) is 9.11. The van der Waals surface area contributed by atoms with E-state index in [1.807, 2.05) is 0 Å². The molecule has 5 rings (SSSR count). The fraction of sp³-hybridized carbons (Fsp3) is 0.381. The van der Waals surface area contributed by atoms with Crippen molar-refractivity contribution in [3.05, 3.63) is 81.9 Å². The summed E-state index contributed by atoms with van der Waals surface area (Å²) in [6, 6.07) is 18.9. The molecule has 0 heterocycles. The summed E-state index contributed by atoms with van der Waals surface area (Å²) in [5, 5.41) is 19.4. The van der Waals surface area contributed by atoms with Gasteiger partial charge in [0, 0.05) is 16.4 Å². The summed E-state index contributed by atoms with van der Waals surface area (Å²) in [7, 11) is -1.22. The number of hydrogen-bond acceptors (Lipinski definition) is 1. The van der Waals surface area contributed by atoms with Crippen LogP contribution in [0.15, 0.2) is 48.5 Å². The van der Waals surface area contributed by atoms with Crippen molar-refractivity contribution in [1.82, 2.24) is 0 Å². The third-order valence-electron chi connectivity index (χ3n) is 9.42. The van der Waals surface area contributed by atoms with Gasteiger partial charge >= 0.3 is 0 Å². The minimum atomic E-state index is -1.22. The summed E-state index contributed by atoms with van der Waals surface area (Å²) in [5.41, 5.74) is 7.53. The van der Waals surface area contributed by atoms with Crippen LogP contribution < -0.4 is 0 Å². The monoisotopic (exact) mass is 616 g/mol. The van der Waals surface area contributed by atoms with Gasteiger partial charge in [-0.2, -0.15) is 10.0 Å². The molecule has 228 valence electrons. The largest absolute Gasteiger partial charge is 0.170 e. The van der Waals surface area contributed by atoms with E-state index >= 15 is 0 Å². The Morgan fingerprint density at radius 1 is 0.477 bits per heavy atom. The van der Waals surface area contributed by atoms with Crippen LogP contribution in [0.5, 0.6) is 0 Å². The molecule has 0 saturated heterocycles. The van der Waals surface area contributed by atoms with Crippen molar-refractivity contribution in [2.75, 3.05) is 0 Å². The minimum Gasteiger partial charge on any atom is -0.170 e. The van der Waals surface area contributed by atoms with E-state index in [1.54, 1.807) is 11.8 Å². The van der Waals surface area contributed by atoms with Crippen molar-refractivity contribution < 1.29 is 0 Å². The highest BCUT2D eigenvalue weighted by atomic mass is 32.3. The normalized spacial score (nSPS) is 12.5. The number of rotatable bonds is 4. The van der Waals surface area contributed by atoms with Gasteiger partial charge in [-0.05, 0) is 144 Å². The van der Waals surface area contributed by atoms with E-state index in [0.29, 0.717) is 21.0 Å². The quantitative estimate of drug-likeness (QED) is 0.143. The van der Waals surface area contributed by atoms with E-state index in [4.69, 9.17) is 0 Å². The van der Waals surface area contributed by atoms with E-state index in [9.17, 15) is 0 Å². The van der Waals surface area contributed by atoms with Gasteiger partial charge in [-0.25, -0.2) is 0 Å². The molecular weight excluding hydrogens is 569 g/mol. The van der Waals surface area contributed by atoms with Crippen molar-refractivity contribution >= 4 is 64.9 Å². The zero-order valence-electron chi connectivity index (χ0n) is 28.7. The van der Waals surface area contributed by atoms with Crippen LogP contribution >= 0.6 is 21.8 Å². The Bertz CT molecular complexity index is 1920. The Morgan fingerprint density at radius 2 is 0.795 bits per heavy atom. The van der Waals surface area contributed by atoms with Crippen LogP contribution in [-0.4, -0.2) is 21.0 Å². The molecule has 2 heteroatoms. The molecule has 0 atom stereocenters. The van der Waals surface area contributed by atoms with E-state index in [0.717, 1.165) is 11.1 Å². The number of hydrogen-bond donors (Lipinski definition) is 0. The molecule has 0 aliphatic carbocycles. The molecule has 0 aliphatic rings. The molecule has 44 heavy (non-hydrogen) atoms. The second kappa shape index (κ2) is 12.4. The summed E-state index contributed by atoms with van der Waals surface area (Å²) >= 11 is 1.70. The zero-order chi connectivity index (χ0) is 32.1. The fourth-order valence-electron chi connectivity index (χ4n) is 6.87. The van der Waals surface area contributed by atoms with Crippen LogP contribution in [0, 0.1) is 50.0 Å². The van der Waals surface area contributed by atoms with Gasteiger partial charge in [-0.3, -0.25) is 0 Å². The molecule has 0 bridgehead atoms. The summed E-state index contributed by atoms with van der Waals surface area (Å²) in [6.45, 7) is 27.5. The van der Waals surface area contributed by atoms with Gasteiger partial charge in [0.15, 0.2) is 0 Å². The molecule has 0 spiro atoms. The molecule has 0 amide bonds. The first-order valence-electron chi connectivity index (χ1n) is 16.1. The van der Waals surface area contributed by atoms with Crippen molar-refractivity contribution in [1.29, 1.82) is 0 Å². The predicted octanol–water partition coefficient (Wildman–Crippen LogP) is 12.3. The van der Waals surface area contributed by atoms with E-state index in [1.165, 1.54) is 65.3 Å². The highest BCUT2D eigenvalue weighted by molar-refractivity contribution is 8.38. The highest BCUT2D eigenvalue weighted by Crippen LogP contribution is 2.59. The molecule has 0 N–H and O–H groups in total. The van der Waals surface area contributed by atoms with Crippen molar-refractivity contribution in [3.8, 4) is 22.3 Å². The topological polar surface area (TPSA) is 0 Å². The summed E-state index contributed by atoms with van der Waals surface area (Å²) in [6.07, 6.45) is 0. The van der Waals surface area contributed by atoms with Gasteiger partial charge in [0.2, 0.25) is 0 Å². The number of benzene rings is 5. The van der Waals surface area contributed by atoms with Gasteiger partial charge in [0.25, 0.3) is 0 Å². The van der Waals surface area contributed by atoms with Gasteiger partial charge in [-0.15, -0.1) is 0 Å². The van der Waals surface area contributed by atoms with Crippen molar-refractivity contribution in [3.63, 3.8) is 0 Å². The highest BCUT2D eigenvalue weighted by Gasteiger charge is 2.33. The van der Waals surface area contributed by atoms with Gasteiger partial charge < -0.3 is 0 Å². The van der Waals surface area contributed by atoms with E-state index in [-0.39, 0.29) is 0 Å². The van der Waals surface area contributed by atoms with Crippen molar-refractivity contribution in [2.24, 2.45) is 0 Å². The van der Waals surface area contributed by atoms with Crippen LogP contribution in [0.3, 0.4) is 0 Å². The maximum atomic E-state index is 4.04. The lowest BCUT2D eigenvalue weighted by Gasteiger charge is -2.46. The molecule has 0 aliphatic heterocycles. The smallest absolute Gasteiger partial charge is 0.0412 e. The standard InChI is InChI=1S/C42H48S2/c1-25(2)43-15-13-37-39-21-33-17-29(9)31(11)19-35(33)23-41(39)38(14-16-44(26(3)4,27(5)6)28(7)8)42-24-36-20-32(12)30(10)18-34(36)22-40(37)42/h17-28H,1-12H3. The summed E-state index contributed by atoms with van der Waals surface area (Å²) in [4.78, 5) is 0. The maximum Gasteiger partial charge on any atom is 0.0412 e. The SMILES string of the molecule is Cc1cc2cc3c(C#CSC(C)C)c4cc5cc(C)c(C)cc5cc4c(C#CS(C(C)C)(C(C)C)C(C)C)c3cc2cc1C. The molecule has 5 aromatic rings. The van der Waals surface area contributed by atoms with Crippen LogP contribution in [-0.2, 0) is 0 Å². The van der Waals surface area contributed by atoms with Gasteiger partial charge in [0.05, 0.1) is 0 Å². The zero-order valence-corrected chi connectivity index (χ0v) is 30.4. The molecule has 0 unspecified atom stereocenters. The van der Waals surface area contributed by atoms with Crippen LogP contribution in [0.2, 0.25) is 0 Å². The maximum absolute atomic E-state index is 4.04. The molecule has 0 saturated carbocycles. The third-order valence-corrected chi connectivity index (χ3v) is 15.2. The Balaban J connectivity index is 2.03. The average Bonchev–Trinajstić information content (AvgIpc) is 2.93. The van der Waals surface area contributed by atoms with Crippen LogP contribution in [0.1, 0.15) is 88.8 Å². The second-order valence-electron chi connectivity index (χ2n) is 13.6. The third kappa shape index (κ3) is 5.73. The van der Waals surface area contributed by atoms with Crippen LogP contribution in [0.4, 0.5) is 0 Å². The lowest BCUT2D eigenvalue weighted by molar-refractivity contribution is 0.959. The number of thioether (sulfide) groups is 1. The molecule has 0 aromatic heterocycles.